The Labute approximate surface area is 139 Å². The highest BCUT2D eigenvalue weighted by atomic mass is 19.1. The zero-order valence-electron chi connectivity index (χ0n) is 13.8. The van der Waals surface area contributed by atoms with Crippen molar-refractivity contribution in [2.24, 2.45) is 0 Å². The first kappa shape index (κ1) is 16.5. The summed E-state index contributed by atoms with van der Waals surface area (Å²) < 4.78 is 27.4. The Bertz CT molecular complexity index is 680. The fourth-order valence-corrected chi connectivity index (χ4v) is 2.68. The molecule has 0 atom stereocenters. The van der Waals surface area contributed by atoms with Gasteiger partial charge in [-0.05, 0) is 6.07 Å². The van der Waals surface area contributed by atoms with Crippen LogP contribution < -0.4 is 9.80 Å². The summed E-state index contributed by atoms with van der Waals surface area (Å²) in [4.78, 5) is 18.3. The molecular formula is C16H20F2N6. The zero-order valence-corrected chi connectivity index (χ0v) is 13.8. The predicted octanol–water partition coefficient (Wildman–Crippen LogP) is 1.54. The van der Waals surface area contributed by atoms with Crippen LogP contribution in [0, 0.1) is 11.6 Å². The lowest BCUT2D eigenvalue weighted by atomic mass is 10.2. The fourth-order valence-electron chi connectivity index (χ4n) is 2.68. The lowest BCUT2D eigenvalue weighted by Gasteiger charge is -2.35. The summed E-state index contributed by atoms with van der Waals surface area (Å²) in [5.74, 6) is 0.346. The molecule has 1 fully saturated rings. The molecule has 1 saturated heterocycles. The van der Waals surface area contributed by atoms with Gasteiger partial charge < -0.3 is 9.80 Å². The average Bonchev–Trinajstić information content (AvgIpc) is 2.59. The lowest BCUT2D eigenvalue weighted by Crippen LogP contribution is -2.46. The number of aromatic nitrogens is 3. The van der Waals surface area contributed by atoms with Gasteiger partial charge in [-0.1, -0.05) is 0 Å². The van der Waals surface area contributed by atoms with E-state index in [1.54, 1.807) is 6.20 Å². The zero-order chi connectivity index (χ0) is 17.1. The smallest absolute Gasteiger partial charge is 0.226 e. The van der Waals surface area contributed by atoms with Crippen molar-refractivity contribution in [3.63, 3.8) is 0 Å². The van der Waals surface area contributed by atoms with Crippen molar-refractivity contribution in [3.8, 4) is 0 Å². The van der Waals surface area contributed by atoms with Crippen molar-refractivity contribution >= 4 is 11.8 Å². The van der Waals surface area contributed by atoms with Crippen LogP contribution in [0.1, 0.15) is 5.56 Å². The quantitative estimate of drug-likeness (QED) is 0.845. The van der Waals surface area contributed by atoms with Gasteiger partial charge in [0.15, 0.2) is 0 Å². The maximum atomic E-state index is 13.7. The molecule has 2 aromatic rings. The number of rotatable bonds is 4. The van der Waals surface area contributed by atoms with Gasteiger partial charge in [-0.25, -0.2) is 13.8 Å². The fraction of sp³-hybridized carbons (Fsp3) is 0.438. The third-order valence-corrected chi connectivity index (χ3v) is 4.06. The van der Waals surface area contributed by atoms with E-state index < -0.39 is 11.6 Å². The van der Waals surface area contributed by atoms with E-state index in [9.17, 15) is 8.78 Å². The summed E-state index contributed by atoms with van der Waals surface area (Å²) in [5.41, 5.74) is 0.0791. The maximum absolute atomic E-state index is 13.7. The molecule has 0 N–H and O–H groups in total. The second-order valence-electron chi connectivity index (χ2n) is 5.95. The molecule has 0 saturated carbocycles. The van der Waals surface area contributed by atoms with E-state index in [0.717, 1.165) is 31.3 Å². The molecule has 1 aliphatic heterocycles. The molecule has 0 unspecified atom stereocenters. The topological polar surface area (TPSA) is 48.4 Å². The van der Waals surface area contributed by atoms with E-state index in [4.69, 9.17) is 0 Å². The second-order valence-corrected chi connectivity index (χ2v) is 5.95. The van der Waals surface area contributed by atoms with Gasteiger partial charge in [0, 0.05) is 58.6 Å². The second kappa shape index (κ2) is 7.04. The Hall–Kier alpha value is -2.35. The number of halogens is 2. The van der Waals surface area contributed by atoms with Crippen LogP contribution in [0.15, 0.2) is 24.7 Å². The van der Waals surface area contributed by atoms with Crippen LogP contribution in [0.4, 0.5) is 20.5 Å². The van der Waals surface area contributed by atoms with Crippen LogP contribution in [0.25, 0.3) is 0 Å². The highest BCUT2D eigenvalue weighted by molar-refractivity contribution is 5.43. The van der Waals surface area contributed by atoms with E-state index in [1.165, 1.54) is 0 Å². The first-order valence-electron chi connectivity index (χ1n) is 7.80. The summed E-state index contributed by atoms with van der Waals surface area (Å²) in [5, 5.41) is 0. The Morgan fingerprint density at radius 1 is 1.08 bits per heavy atom. The Morgan fingerprint density at radius 3 is 2.38 bits per heavy atom. The number of piperazine rings is 1. The minimum atomic E-state index is -0.594. The Balaban J connectivity index is 1.63. The molecule has 6 nitrogen and oxygen atoms in total. The van der Waals surface area contributed by atoms with E-state index in [1.807, 2.05) is 30.0 Å². The molecular weight excluding hydrogens is 314 g/mol. The molecule has 0 amide bonds. The number of pyridine rings is 1. The van der Waals surface area contributed by atoms with Gasteiger partial charge in [0.2, 0.25) is 5.95 Å². The maximum Gasteiger partial charge on any atom is 0.226 e. The van der Waals surface area contributed by atoms with Gasteiger partial charge >= 0.3 is 0 Å². The van der Waals surface area contributed by atoms with Crippen molar-refractivity contribution < 1.29 is 8.78 Å². The summed E-state index contributed by atoms with van der Waals surface area (Å²) >= 11 is 0. The molecule has 24 heavy (non-hydrogen) atoms. The van der Waals surface area contributed by atoms with Gasteiger partial charge in [-0.2, -0.15) is 4.98 Å². The summed E-state index contributed by atoms with van der Waals surface area (Å²) in [6, 6.07) is 1.88. The van der Waals surface area contributed by atoms with Gasteiger partial charge in [0.25, 0.3) is 0 Å². The van der Waals surface area contributed by atoms with Crippen molar-refractivity contribution in [1.82, 2.24) is 19.9 Å². The molecule has 3 rings (SSSR count). The number of anilines is 2. The SMILES string of the molecule is CN(C)c1nccc(N2CCN(Cc3c(F)cncc3F)CC2)n1. The van der Waals surface area contributed by atoms with Crippen LogP contribution in [-0.2, 0) is 6.54 Å². The van der Waals surface area contributed by atoms with E-state index in [2.05, 4.69) is 19.9 Å². The van der Waals surface area contributed by atoms with Crippen LogP contribution in [0.2, 0.25) is 0 Å². The molecule has 128 valence electrons. The van der Waals surface area contributed by atoms with Crippen LogP contribution >= 0.6 is 0 Å². The largest absolute Gasteiger partial charge is 0.354 e. The summed E-state index contributed by atoms with van der Waals surface area (Å²) in [6.07, 6.45) is 3.85. The molecule has 0 bridgehead atoms. The Kier molecular flexibility index (Phi) is 4.84. The van der Waals surface area contributed by atoms with Crippen LogP contribution in [-0.4, -0.2) is 60.1 Å². The number of nitrogens with zero attached hydrogens (tertiary/aromatic N) is 6. The summed E-state index contributed by atoms with van der Waals surface area (Å²) in [7, 11) is 3.80. The van der Waals surface area contributed by atoms with E-state index in [0.29, 0.717) is 19.0 Å². The van der Waals surface area contributed by atoms with Gasteiger partial charge in [-0.15, -0.1) is 0 Å². The van der Waals surface area contributed by atoms with Crippen molar-refractivity contribution in [1.29, 1.82) is 0 Å². The molecule has 8 heteroatoms. The lowest BCUT2D eigenvalue weighted by molar-refractivity contribution is 0.242. The monoisotopic (exact) mass is 334 g/mol. The molecule has 3 heterocycles. The molecule has 0 aliphatic carbocycles. The summed E-state index contributed by atoms with van der Waals surface area (Å²) in [6.45, 7) is 3.17. The molecule has 0 aromatic carbocycles. The van der Waals surface area contributed by atoms with Crippen molar-refractivity contribution in [2.45, 2.75) is 6.54 Å². The minimum absolute atomic E-state index is 0.0791. The third kappa shape index (κ3) is 3.59. The highest BCUT2D eigenvalue weighted by Gasteiger charge is 2.21. The third-order valence-electron chi connectivity index (χ3n) is 4.06. The van der Waals surface area contributed by atoms with Crippen LogP contribution in [0.3, 0.4) is 0 Å². The minimum Gasteiger partial charge on any atom is -0.354 e. The van der Waals surface area contributed by atoms with Crippen LogP contribution in [0.5, 0.6) is 0 Å². The van der Waals surface area contributed by atoms with E-state index >= 15 is 0 Å². The average molecular weight is 334 g/mol. The Morgan fingerprint density at radius 2 is 1.75 bits per heavy atom. The normalized spacial score (nSPS) is 15.6. The van der Waals surface area contributed by atoms with Gasteiger partial charge in [-0.3, -0.25) is 9.88 Å². The standard InChI is InChI=1S/C16H20F2N6/c1-22(2)16-20-4-3-15(21-16)24-7-5-23(6-8-24)11-12-13(17)9-19-10-14(12)18/h3-4,9-10H,5-8,11H2,1-2H3. The number of hydrogen-bond donors (Lipinski definition) is 0. The predicted molar refractivity (Wildman–Crippen MR) is 88.0 cm³/mol. The molecule has 1 aliphatic rings. The molecule has 0 radical (unpaired) electrons. The molecule has 0 spiro atoms. The van der Waals surface area contributed by atoms with Gasteiger partial charge in [0.05, 0.1) is 12.4 Å². The van der Waals surface area contributed by atoms with Crippen molar-refractivity contribution in [3.05, 3.63) is 41.9 Å². The van der Waals surface area contributed by atoms with Crippen molar-refractivity contribution in [2.75, 3.05) is 50.1 Å². The highest BCUT2D eigenvalue weighted by Crippen LogP contribution is 2.18. The molecule has 2 aromatic heterocycles. The van der Waals surface area contributed by atoms with E-state index in [-0.39, 0.29) is 12.1 Å². The van der Waals surface area contributed by atoms with Gasteiger partial charge in [0.1, 0.15) is 17.5 Å². The first-order chi connectivity index (χ1) is 11.5. The number of hydrogen-bond acceptors (Lipinski definition) is 6. The first-order valence-corrected chi connectivity index (χ1v) is 7.80.